The van der Waals surface area contributed by atoms with Gasteiger partial charge in [-0.3, -0.25) is 0 Å². The number of imide groups is 1. The van der Waals surface area contributed by atoms with Crippen LogP contribution in [0.15, 0.2) is 24.3 Å². The second kappa shape index (κ2) is 3.08. The number of amides is 2. The third kappa shape index (κ3) is 1.15. The fourth-order valence-electron chi connectivity index (χ4n) is 1.23. The number of fused-ring (bicyclic) bond motifs is 1. The third-order valence-corrected chi connectivity index (χ3v) is 3.13. The minimum atomic E-state index is -1.49. The molecule has 2 rings (SSSR count). The first-order valence-electron chi connectivity index (χ1n) is 3.52. The second-order valence-electron chi connectivity index (χ2n) is 2.51. The van der Waals surface area contributed by atoms with Gasteiger partial charge in [0.1, 0.15) is 0 Å². The molecule has 0 unspecified atom stereocenters. The zero-order chi connectivity index (χ0) is 9.42. The van der Waals surface area contributed by atoms with E-state index in [1.54, 1.807) is 24.3 Å². The Kier molecular flexibility index (Phi) is 2.04. The fraction of sp³-hybridized carbons (Fsp3) is 0. The molecule has 1 aliphatic rings. The molecule has 0 saturated heterocycles. The van der Waals surface area contributed by atoms with E-state index in [2.05, 4.69) is 0 Å². The average molecular weight is 290 g/mol. The number of benzene rings is 1. The SMILES string of the molecule is O=C1c2ccccc2C(=O)N1[I-]O. The molecule has 0 saturated carbocycles. The van der Waals surface area contributed by atoms with E-state index in [1.165, 1.54) is 0 Å². The Morgan fingerprint density at radius 3 is 1.92 bits per heavy atom. The van der Waals surface area contributed by atoms with Crippen molar-refractivity contribution in [2.45, 2.75) is 0 Å². The first-order chi connectivity index (χ1) is 6.25. The van der Waals surface area contributed by atoms with Gasteiger partial charge in [-0.25, -0.2) is 0 Å². The maximum absolute atomic E-state index is 11.4. The average Bonchev–Trinajstić information content (AvgIpc) is 2.41. The molecule has 0 fully saturated rings. The Balaban J connectivity index is 2.57. The maximum atomic E-state index is 11.4. The van der Waals surface area contributed by atoms with Crippen LogP contribution in [0, 0.1) is 0 Å². The van der Waals surface area contributed by atoms with Crippen molar-refractivity contribution in [2.75, 3.05) is 0 Å². The van der Waals surface area contributed by atoms with Crippen molar-refractivity contribution in [3.63, 3.8) is 0 Å². The van der Waals surface area contributed by atoms with Crippen LogP contribution in [-0.4, -0.2) is 18.4 Å². The molecule has 13 heavy (non-hydrogen) atoms. The predicted molar refractivity (Wildman–Crippen MR) is 39.2 cm³/mol. The number of carbonyl (C=O) groups excluding carboxylic acids is 2. The van der Waals surface area contributed by atoms with Crippen molar-refractivity contribution < 1.29 is 34.9 Å². The van der Waals surface area contributed by atoms with Crippen molar-refractivity contribution in [1.29, 1.82) is 0 Å². The van der Waals surface area contributed by atoms with Gasteiger partial charge in [0.25, 0.3) is 0 Å². The molecule has 1 heterocycles. The minimum absolute atomic E-state index is 0.379. The van der Waals surface area contributed by atoms with Gasteiger partial charge >= 0.3 is 85.2 Å². The van der Waals surface area contributed by atoms with Gasteiger partial charge in [-0.15, -0.1) is 0 Å². The van der Waals surface area contributed by atoms with Crippen LogP contribution < -0.4 is 21.9 Å². The van der Waals surface area contributed by atoms with Crippen LogP contribution in [0.3, 0.4) is 0 Å². The van der Waals surface area contributed by atoms with E-state index in [9.17, 15) is 9.59 Å². The molecule has 0 aliphatic carbocycles. The molecule has 1 aromatic rings. The molecule has 0 bridgehead atoms. The summed E-state index contributed by atoms with van der Waals surface area (Å²) >= 11 is -1.49. The van der Waals surface area contributed by atoms with Gasteiger partial charge in [-0.05, 0) is 0 Å². The van der Waals surface area contributed by atoms with E-state index >= 15 is 0 Å². The fourth-order valence-corrected chi connectivity index (χ4v) is 2.14. The molecule has 1 aliphatic heterocycles. The zero-order valence-electron chi connectivity index (χ0n) is 6.40. The van der Waals surface area contributed by atoms with E-state index in [1.807, 2.05) is 0 Å². The van der Waals surface area contributed by atoms with E-state index in [0.717, 1.165) is 3.11 Å². The van der Waals surface area contributed by atoms with Gasteiger partial charge in [0.15, 0.2) is 0 Å². The molecule has 5 heteroatoms. The summed E-state index contributed by atoms with van der Waals surface area (Å²) in [5.41, 5.74) is 0.780. The van der Waals surface area contributed by atoms with E-state index in [4.69, 9.17) is 3.44 Å². The van der Waals surface area contributed by atoms with Crippen molar-refractivity contribution in [1.82, 2.24) is 3.11 Å². The third-order valence-electron chi connectivity index (χ3n) is 1.82. The Morgan fingerprint density at radius 2 is 1.54 bits per heavy atom. The molecule has 2 amide bonds. The number of hydrogen-bond donors (Lipinski definition) is 1. The summed E-state index contributed by atoms with van der Waals surface area (Å²) in [6.45, 7) is 0. The summed E-state index contributed by atoms with van der Waals surface area (Å²) in [7, 11) is 0. The molecule has 0 aromatic heterocycles. The standard InChI is InChI=1S/C8H5INO3/c11-7-5-3-1-2-4-6(5)8(12)10(7)9-13/h1-4,13H/q-1. The molecule has 0 atom stereocenters. The number of carbonyl (C=O) groups is 2. The topological polar surface area (TPSA) is 57.6 Å². The van der Waals surface area contributed by atoms with Crippen LogP contribution in [-0.2, 0) is 0 Å². The van der Waals surface area contributed by atoms with Crippen LogP contribution in [0.2, 0.25) is 0 Å². The summed E-state index contributed by atoms with van der Waals surface area (Å²) < 4.78 is 9.79. The Hall–Kier alpha value is -0.950. The van der Waals surface area contributed by atoms with E-state index in [-0.39, 0.29) is 11.8 Å². The van der Waals surface area contributed by atoms with Gasteiger partial charge in [0.05, 0.1) is 0 Å². The van der Waals surface area contributed by atoms with Crippen molar-refractivity contribution in [3.8, 4) is 0 Å². The second-order valence-corrected chi connectivity index (χ2v) is 3.91. The predicted octanol–water partition coefficient (Wildman–Crippen LogP) is -2.81. The first-order valence-corrected chi connectivity index (χ1v) is 5.45. The molecule has 4 nitrogen and oxygen atoms in total. The first kappa shape index (κ1) is 8.64. The van der Waals surface area contributed by atoms with E-state index in [0.29, 0.717) is 11.1 Å². The van der Waals surface area contributed by atoms with Crippen LogP contribution in [0.5, 0.6) is 0 Å². The van der Waals surface area contributed by atoms with Gasteiger partial charge in [-0.1, -0.05) is 0 Å². The summed E-state index contributed by atoms with van der Waals surface area (Å²) in [5, 5.41) is 0. The van der Waals surface area contributed by atoms with Crippen LogP contribution in [0.4, 0.5) is 0 Å². The zero-order valence-corrected chi connectivity index (χ0v) is 8.56. The number of halogens is 1. The summed E-state index contributed by atoms with van der Waals surface area (Å²) in [5.74, 6) is -0.758. The summed E-state index contributed by atoms with van der Waals surface area (Å²) in [6.07, 6.45) is 0. The molecule has 1 N–H and O–H groups in total. The van der Waals surface area contributed by atoms with Crippen LogP contribution >= 0.6 is 0 Å². The summed E-state index contributed by atoms with van der Waals surface area (Å²) in [4.78, 5) is 22.8. The normalized spacial score (nSPS) is 15.3. The van der Waals surface area contributed by atoms with Gasteiger partial charge in [0, 0.05) is 0 Å². The Morgan fingerprint density at radius 1 is 1.08 bits per heavy atom. The van der Waals surface area contributed by atoms with Crippen molar-refractivity contribution in [3.05, 3.63) is 35.4 Å². The monoisotopic (exact) mass is 290 g/mol. The molecular formula is C8H5INO3-. The number of hydrogen-bond acceptors (Lipinski definition) is 3. The summed E-state index contributed by atoms with van der Waals surface area (Å²) in [6, 6.07) is 6.58. The van der Waals surface area contributed by atoms with E-state index < -0.39 is 21.9 Å². The quantitative estimate of drug-likeness (QED) is 0.345. The van der Waals surface area contributed by atoms with Gasteiger partial charge in [0.2, 0.25) is 0 Å². The van der Waals surface area contributed by atoms with Crippen molar-refractivity contribution >= 4 is 11.8 Å². The van der Waals surface area contributed by atoms with Crippen molar-refractivity contribution in [2.24, 2.45) is 0 Å². The molecule has 0 spiro atoms. The molecule has 68 valence electrons. The van der Waals surface area contributed by atoms with Gasteiger partial charge in [-0.2, -0.15) is 0 Å². The molecule has 1 aromatic carbocycles. The van der Waals surface area contributed by atoms with Crippen LogP contribution in [0.1, 0.15) is 20.7 Å². The number of nitrogens with zero attached hydrogens (tertiary/aromatic N) is 1. The Labute approximate surface area is 85.3 Å². The Bertz CT molecular complexity index is 356. The van der Waals surface area contributed by atoms with Gasteiger partial charge < -0.3 is 0 Å². The molecule has 0 radical (unpaired) electrons. The molecular weight excluding hydrogens is 285 g/mol. The number of rotatable bonds is 1. The van der Waals surface area contributed by atoms with Crippen LogP contribution in [0.25, 0.3) is 0 Å².